The number of nitrogens with one attached hydrogen (secondary N) is 1. The molecule has 34 heavy (non-hydrogen) atoms. The molecule has 0 aliphatic carbocycles. The monoisotopic (exact) mass is 540 g/mol. The Bertz CT molecular complexity index is 1270. The van der Waals surface area contributed by atoms with Crippen LogP contribution in [0.2, 0.25) is 10.0 Å². The van der Waals surface area contributed by atoms with Crippen LogP contribution in [0.4, 0.5) is 5.13 Å². The Morgan fingerprint density at radius 3 is 2.47 bits per heavy atom. The first kappa shape index (κ1) is 24.9. The third kappa shape index (κ3) is 5.87. The largest absolute Gasteiger partial charge is 0.497 e. The molecular weight excluding hydrogens is 519 g/mol. The average molecular weight is 541 g/mol. The van der Waals surface area contributed by atoms with E-state index in [1.165, 1.54) is 15.6 Å². The molecule has 1 saturated heterocycles. The summed E-state index contributed by atoms with van der Waals surface area (Å²) in [6.45, 7) is 0.546. The second-order valence-corrected chi connectivity index (χ2v) is 11.6. The van der Waals surface area contributed by atoms with Crippen molar-refractivity contribution >= 4 is 55.6 Å². The van der Waals surface area contributed by atoms with Gasteiger partial charge in [-0.3, -0.25) is 4.79 Å². The second-order valence-electron chi connectivity index (χ2n) is 7.81. The summed E-state index contributed by atoms with van der Waals surface area (Å²) in [7, 11) is -1.94. The number of methoxy groups -OCH3 is 1. The highest BCUT2D eigenvalue weighted by Crippen LogP contribution is 2.29. The quantitative estimate of drug-likeness (QED) is 0.465. The number of carbonyl (C=O) groups excluding carboxylic acids is 1. The van der Waals surface area contributed by atoms with Crippen molar-refractivity contribution in [3.05, 3.63) is 58.1 Å². The van der Waals surface area contributed by atoms with Crippen LogP contribution < -0.4 is 10.1 Å². The lowest BCUT2D eigenvalue weighted by Gasteiger charge is -2.30. The molecule has 4 rings (SSSR count). The smallest absolute Gasteiger partial charge is 0.229 e. The van der Waals surface area contributed by atoms with Crippen LogP contribution in [0.15, 0.2) is 42.5 Å². The van der Waals surface area contributed by atoms with Gasteiger partial charge in [-0.25, -0.2) is 12.7 Å². The number of sulfonamides is 1. The van der Waals surface area contributed by atoms with Crippen LogP contribution in [-0.4, -0.2) is 49.0 Å². The van der Waals surface area contributed by atoms with E-state index in [4.69, 9.17) is 27.9 Å². The van der Waals surface area contributed by atoms with Gasteiger partial charge in [0.2, 0.25) is 21.1 Å². The van der Waals surface area contributed by atoms with Crippen LogP contribution in [0.3, 0.4) is 0 Å². The lowest BCUT2D eigenvalue weighted by Crippen LogP contribution is -2.41. The van der Waals surface area contributed by atoms with Crippen LogP contribution >= 0.6 is 34.5 Å². The minimum atomic E-state index is -3.54. The number of benzene rings is 2. The number of ether oxygens (including phenoxy) is 1. The predicted octanol–water partition coefficient (Wildman–Crippen LogP) is 4.70. The van der Waals surface area contributed by atoms with E-state index in [1.54, 1.807) is 25.3 Å². The summed E-state index contributed by atoms with van der Waals surface area (Å²) in [5.41, 5.74) is 1.44. The van der Waals surface area contributed by atoms with Gasteiger partial charge in [0.1, 0.15) is 10.8 Å². The number of rotatable bonds is 7. The van der Waals surface area contributed by atoms with Crippen molar-refractivity contribution in [1.29, 1.82) is 0 Å². The summed E-state index contributed by atoms with van der Waals surface area (Å²) in [5.74, 6) is 0.0930. The maximum atomic E-state index is 12.8. The Hall–Kier alpha value is -2.24. The molecule has 3 aromatic rings. The van der Waals surface area contributed by atoms with Crippen LogP contribution in [0.1, 0.15) is 18.4 Å². The van der Waals surface area contributed by atoms with Gasteiger partial charge in [0.15, 0.2) is 0 Å². The van der Waals surface area contributed by atoms with Crippen LogP contribution in [-0.2, 0) is 20.6 Å². The Labute approximate surface area is 211 Å². The SMILES string of the molecule is COc1ccc(-c2nnc(NC(=O)C3CCN(S(=O)(=O)Cc4ccc(Cl)c(Cl)c4)CC3)s2)cc1. The first-order chi connectivity index (χ1) is 16.2. The van der Waals surface area contributed by atoms with E-state index in [-0.39, 0.29) is 30.7 Å². The van der Waals surface area contributed by atoms with Gasteiger partial charge >= 0.3 is 0 Å². The van der Waals surface area contributed by atoms with Crippen molar-refractivity contribution in [2.24, 2.45) is 5.92 Å². The van der Waals surface area contributed by atoms with Crippen molar-refractivity contribution in [2.45, 2.75) is 18.6 Å². The van der Waals surface area contributed by atoms with E-state index in [1.807, 2.05) is 24.3 Å². The lowest BCUT2D eigenvalue weighted by atomic mass is 9.97. The summed E-state index contributed by atoms with van der Waals surface area (Å²) >= 11 is 13.2. The van der Waals surface area contributed by atoms with E-state index in [0.717, 1.165) is 11.3 Å². The Balaban J connectivity index is 1.32. The van der Waals surface area contributed by atoms with Crippen molar-refractivity contribution < 1.29 is 17.9 Å². The van der Waals surface area contributed by atoms with Crippen molar-refractivity contribution in [2.75, 3.05) is 25.5 Å². The zero-order chi connectivity index (χ0) is 24.3. The highest BCUT2D eigenvalue weighted by molar-refractivity contribution is 7.88. The first-order valence-corrected chi connectivity index (χ1v) is 13.6. The number of hydrogen-bond donors (Lipinski definition) is 1. The normalized spacial score (nSPS) is 15.3. The first-order valence-electron chi connectivity index (χ1n) is 10.5. The van der Waals surface area contributed by atoms with Crippen molar-refractivity contribution in [3.63, 3.8) is 0 Å². The Morgan fingerprint density at radius 1 is 1.12 bits per heavy atom. The van der Waals surface area contributed by atoms with Crippen molar-refractivity contribution in [3.8, 4) is 16.3 Å². The van der Waals surface area contributed by atoms with E-state index in [0.29, 0.717) is 38.6 Å². The topological polar surface area (TPSA) is 101 Å². The third-order valence-electron chi connectivity index (χ3n) is 5.54. The maximum absolute atomic E-state index is 12.8. The van der Waals surface area contributed by atoms with Crippen LogP contribution in [0.5, 0.6) is 5.75 Å². The third-order valence-corrected chi connectivity index (χ3v) is 9.02. The Kier molecular flexibility index (Phi) is 7.73. The number of piperidine rings is 1. The van der Waals surface area contributed by atoms with Gasteiger partial charge in [-0.05, 0) is 54.8 Å². The summed E-state index contributed by atoms with van der Waals surface area (Å²) in [6.07, 6.45) is 0.854. The molecule has 0 bridgehead atoms. The van der Waals surface area contributed by atoms with Gasteiger partial charge in [-0.2, -0.15) is 0 Å². The van der Waals surface area contributed by atoms with E-state index in [2.05, 4.69) is 15.5 Å². The molecule has 2 aromatic carbocycles. The van der Waals surface area contributed by atoms with E-state index >= 15 is 0 Å². The number of nitrogens with zero attached hydrogens (tertiary/aromatic N) is 3. The number of halogens is 2. The predicted molar refractivity (Wildman–Crippen MR) is 134 cm³/mol. The molecule has 0 atom stereocenters. The molecule has 12 heteroatoms. The molecule has 0 spiro atoms. The van der Waals surface area contributed by atoms with Gasteiger partial charge in [-0.15, -0.1) is 10.2 Å². The standard InChI is InChI=1S/C22H22Cl2N4O4S2/c1-32-17-5-3-16(4-6-17)21-26-27-22(33-21)25-20(29)15-8-10-28(11-9-15)34(30,31)13-14-2-7-18(23)19(24)12-14/h2-7,12,15H,8-11,13H2,1H3,(H,25,27,29). The molecule has 0 saturated carbocycles. The molecule has 1 aliphatic heterocycles. The molecule has 2 heterocycles. The minimum Gasteiger partial charge on any atom is -0.497 e. The van der Waals surface area contributed by atoms with E-state index in [9.17, 15) is 13.2 Å². The number of amides is 1. The number of carbonyl (C=O) groups is 1. The average Bonchev–Trinajstić information content (AvgIpc) is 3.30. The number of hydrogen-bond acceptors (Lipinski definition) is 7. The molecule has 180 valence electrons. The molecule has 0 unspecified atom stereocenters. The molecule has 1 amide bonds. The maximum Gasteiger partial charge on any atom is 0.229 e. The number of aromatic nitrogens is 2. The van der Waals surface area contributed by atoms with Crippen LogP contribution in [0, 0.1) is 5.92 Å². The fourth-order valence-corrected chi connectivity index (χ4v) is 6.28. The summed E-state index contributed by atoms with van der Waals surface area (Å²) in [4.78, 5) is 12.7. The zero-order valence-electron chi connectivity index (χ0n) is 18.2. The summed E-state index contributed by atoms with van der Waals surface area (Å²) < 4.78 is 32.2. The molecule has 1 aromatic heterocycles. The number of anilines is 1. The van der Waals surface area contributed by atoms with Crippen molar-refractivity contribution in [1.82, 2.24) is 14.5 Å². The summed E-state index contributed by atoms with van der Waals surface area (Å²) in [6, 6.07) is 12.2. The zero-order valence-corrected chi connectivity index (χ0v) is 21.3. The fourth-order valence-electron chi connectivity index (χ4n) is 3.66. The molecule has 0 radical (unpaired) electrons. The van der Waals surface area contributed by atoms with Gasteiger partial charge in [0.25, 0.3) is 0 Å². The highest BCUT2D eigenvalue weighted by Gasteiger charge is 2.31. The minimum absolute atomic E-state index is 0.167. The molecule has 1 fully saturated rings. The van der Waals surface area contributed by atoms with Gasteiger partial charge in [0.05, 0.1) is 22.9 Å². The fraction of sp³-hybridized carbons (Fsp3) is 0.318. The summed E-state index contributed by atoms with van der Waals surface area (Å²) in [5, 5.41) is 12.8. The van der Waals surface area contributed by atoms with Gasteiger partial charge in [-0.1, -0.05) is 40.6 Å². The molecule has 8 nitrogen and oxygen atoms in total. The highest BCUT2D eigenvalue weighted by atomic mass is 35.5. The molecule has 1 N–H and O–H groups in total. The van der Waals surface area contributed by atoms with Gasteiger partial charge < -0.3 is 10.1 Å². The van der Waals surface area contributed by atoms with E-state index < -0.39 is 10.0 Å². The Morgan fingerprint density at radius 2 is 1.82 bits per heavy atom. The lowest BCUT2D eigenvalue weighted by molar-refractivity contribution is -0.120. The molecule has 1 aliphatic rings. The van der Waals surface area contributed by atoms with Crippen LogP contribution in [0.25, 0.3) is 10.6 Å². The second kappa shape index (κ2) is 10.6. The molecular formula is C22H22Cl2N4O4S2. The van der Waals surface area contributed by atoms with Gasteiger partial charge in [0, 0.05) is 24.6 Å².